The molecule has 1 aromatic heterocycles. The van der Waals surface area contributed by atoms with Crippen molar-refractivity contribution in [3.63, 3.8) is 0 Å². The summed E-state index contributed by atoms with van der Waals surface area (Å²) in [7, 11) is 0. The molecular formula is C13H21N3OS. The van der Waals surface area contributed by atoms with Crippen LogP contribution in [0.15, 0.2) is 11.4 Å². The highest BCUT2D eigenvalue weighted by atomic mass is 32.2. The first-order valence-corrected chi connectivity index (χ1v) is 7.59. The molecule has 2 N–H and O–H groups in total. The second-order valence-corrected chi connectivity index (χ2v) is 5.91. The molecule has 0 bridgehead atoms. The smallest absolute Gasteiger partial charge is 0.241 e. The Kier molecular flexibility index (Phi) is 5.11. The number of aromatic nitrogens is 2. The Hall–Kier alpha value is -0.970. The van der Waals surface area contributed by atoms with E-state index >= 15 is 0 Å². The van der Waals surface area contributed by atoms with E-state index in [0.717, 1.165) is 11.4 Å². The van der Waals surface area contributed by atoms with Crippen molar-refractivity contribution in [2.75, 3.05) is 12.3 Å². The van der Waals surface area contributed by atoms with Crippen LogP contribution in [0.4, 0.5) is 5.69 Å². The van der Waals surface area contributed by atoms with Crippen molar-refractivity contribution in [2.24, 2.45) is 0 Å². The van der Waals surface area contributed by atoms with Crippen molar-refractivity contribution in [1.82, 2.24) is 9.97 Å². The molecule has 0 aliphatic heterocycles. The Balaban J connectivity index is 2.02. The number of anilines is 1. The van der Waals surface area contributed by atoms with E-state index in [4.69, 9.17) is 10.5 Å². The lowest BCUT2D eigenvalue weighted by Gasteiger charge is -2.21. The normalized spacial score (nSPS) is 16.7. The van der Waals surface area contributed by atoms with Crippen LogP contribution < -0.4 is 10.5 Å². The van der Waals surface area contributed by atoms with Gasteiger partial charge in [0, 0.05) is 5.25 Å². The number of rotatable bonds is 5. The Morgan fingerprint density at radius 1 is 1.33 bits per heavy atom. The van der Waals surface area contributed by atoms with Gasteiger partial charge in [0.1, 0.15) is 17.0 Å². The number of ether oxygens (including phenoxy) is 1. The van der Waals surface area contributed by atoms with E-state index in [0.29, 0.717) is 23.4 Å². The van der Waals surface area contributed by atoms with E-state index in [2.05, 4.69) is 16.9 Å². The average molecular weight is 267 g/mol. The molecule has 100 valence electrons. The lowest BCUT2D eigenvalue weighted by molar-refractivity contribution is 0.305. The molecule has 0 spiro atoms. The van der Waals surface area contributed by atoms with E-state index < -0.39 is 0 Å². The third-order valence-corrected chi connectivity index (χ3v) is 4.44. The van der Waals surface area contributed by atoms with E-state index in [9.17, 15) is 0 Å². The van der Waals surface area contributed by atoms with Crippen LogP contribution in [0.1, 0.15) is 45.4 Å². The van der Waals surface area contributed by atoms with Crippen LogP contribution in [0.5, 0.6) is 5.88 Å². The van der Waals surface area contributed by atoms with Crippen molar-refractivity contribution >= 4 is 17.4 Å². The van der Waals surface area contributed by atoms with Gasteiger partial charge >= 0.3 is 0 Å². The van der Waals surface area contributed by atoms with Gasteiger partial charge in [-0.2, -0.15) is 4.98 Å². The van der Waals surface area contributed by atoms with Crippen molar-refractivity contribution < 1.29 is 4.74 Å². The molecule has 1 fully saturated rings. The van der Waals surface area contributed by atoms with Gasteiger partial charge in [0.25, 0.3) is 0 Å². The summed E-state index contributed by atoms with van der Waals surface area (Å²) in [4.78, 5) is 8.39. The summed E-state index contributed by atoms with van der Waals surface area (Å²) in [5, 5.41) is 1.53. The fourth-order valence-corrected chi connectivity index (χ4v) is 3.32. The minimum atomic E-state index is 0.533. The fraction of sp³-hybridized carbons (Fsp3) is 0.692. The van der Waals surface area contributed by atoms with Gasteiger partial charge in [0.2, 0.25) is 5.88 Å². The summed E-state index contributed by atoms with van der Waals surface area (Å²) in [6.07, 6.45) is 9.03. The van der Waals surface area contributed by atoms with Gasteiger partial charge in [0.15, 0.2) is 0 Å². The molecule has 1 saturated carbocycles. The first-order chi connectivity index (χ1) is 8.81. The SMILES string of the molecule is CCCOc1ncnc(SC2CCCCC2)c1N. The molecule has 0 amide bonds. The molecule has 2 rings (SSSR count). The van der Waals surface area contributed by atoms with Crippen LogP contribution in [0.3, 0.4) is 0 Å². The van der Waals surface area contributed by atoms with Crippen molar-refractivity contribution in [1.29, 1.82) is 0 Å². The summed E-state index contributed by atoms with van der Waals surface area (Å²) in [5.41, 5.74) is 6.67. The zero-order valence-electron chi connectivity index (χ0n) is 10.9. The quantitative estimate of drug-likeness (QED) is 0.830. The van der Waals surface area contributed by atoms with Crippen molar-refractivity contribution in [3.8, 4) is 5.88 Å². The second-order valence-electron chi connectivity index (χ2n) is 4.62. The molecule has 1 aliphatic rings. The topological polar surface area (TPSA) is 61.0 Å². The summed E-state index contributed by atoms with van der Waals surface area (Å²) in [5.74, 6) is 0.533. The van der Waals surface area contributed by atoms with Crippen molar-refractivity contribution in [2.45, 2.75) is 55.7 Å². The number of nitrogens with zero attached hydrogens (tertiary/aromatic N) is 2. The maximum absolute atomic E-state index is 6.07. The van der Waals surface area contributed by atoms with Crippen LogP contribution in [0.25, 0.3) is 0 Å². The van der Waals surface area contributed by atoms with Gasteiger partial charge in [-0.15, -0.1) is 11.8 Å². The van der Waals surface area contributed by atoms with Crippen LogP contribution in [0.2, 0.25) is 0 Å². The number of hydrogen-bond donors (Lipinski definition) is 1. The molecule has 4 nitrogen and oxygen atoms in total. The minimum absolute atomic E-state index is 0.533. The molecule has 0 unspecified atom stereocenters. The Bertz CT molecular complexity index is 380. The summed E-state index contributed by atoms with van der Waals surface area (Å²) in [6.45, 7) is 2.71. The van der Waals surface area contributed by atoms with Gasteiger partial charge in [0.05, 0.1) is 6.61 Å². The minimum Gasteiger partial charge on any atom is -0.476 e. The Labute approximate surface area is 113 Å². The predicted octanol–water partition coefficient (Wildman–Crippen LogP) is 3.27. The second kappa shape index (κ2) is 6.83. The number of thioether (sulfide) groups is 1. The lowest BCUT2D eigenvalue weighted by Crippen LogP contribution is -2.10. The molecule has 1 aliphatic carbocycles. The van der Waals surface area contributed by atoms with Crippen LogP contribution >= 0.6 is 11.8 Å². The highest BCUT2D eigenvalue weighted by molar-refractivity contribution is 8.00. The van der Waals surface area contributed by atoms with Gasteiger partial charge in [-0.1, -0.05) is 26.2 Å². The van der Waals surface area contributed by atoms with Crippen molar-refractivity contribution in [3.05, 3.63) is 6.33 Å². The fourth-order valence-electron chi connectivity index (χ4n) is 2.11. The molecule has 0 aromatic carbocycles. The van der Waals surface area contributed by atoms with Gasteiger partial charge in [-0.3, -0.25) is 0 Å². The molecule has 1 aromatic rings. The number of nitrogen functional groups attached to an aromatic ring is 1. The maximum atomic E-state index is 6.07. The third-order valence-electron chi connectivity index (χ3n) is 3.08. The molecule has 0 saturated heterocycles. The highest BCUT2D eigenvalue weighted by Crippen LogP contribution is 2.37. The lowest BCUT2D eigenvalue weighted by atomic mass is 10.0. The molecular weight excluding hydrogens is 246 g/mol. The van der Waals surface area contributed by atoms with Crippen LogP contribution in [-0.4, -0.2) is 21.8 Å². The zero-order chi connectivity index (χ0) is 12.8. The largest absolute Gasteiger partial charge is 0.476 e. The van der Waals surface area contributed by atoms with Crippen LogP contribution in [-0.2, 0) is 0 Å². The number of nitrogens with two attached hydrogens (primary N) is 1. The van der Waals surface area contributed by atoms with E-state index in [-0.39, 0.29) is 0 Å². The summed E-state index contributed by atoms with van der Waals surface area (Å²) >= 11 is 1.78. The van der Waals surface area contributed by atoms with Crippen LogP contribution in [0, 0.1) is 0 Å². The van der Waals surface area contributed by atoms with E-state index in [1.54, 1.807) is 18.1 Å². The summed E-state index contributed by atoms with van der Waals surface area (Å²) < 4.78 is 5.53. The molecule has 18 heavy (non-hydrogen) atoms. The monoisotopic (exact) mass is 267 g/mol. The first-order valence-electron chi connectivity index (χ1n) is 6.71. The average Bonchev–Trinajstić information content (AvgIpc) is 2.41. The highest BCUT2D eigenvalue weighted by Gasteiger charge is 2.18. The van der Waals surface area contributed by atoms with Gasteiger partial charge in [-0.05, 0) is 19.3 Å². The Morgan fingerprint density at radius 3 is 2.83 bits per heavy atom. The van der Waals surface area contributed by atoms with E-state index in [1.165, 1.54) is 32.1 Å². The molecule has 0 radical (unpaired) electrons. The number of hydrogen-bond acceptors (Lipinski definition) is 5. The first kappa shape index (κ1) is 13.5. The predicted molar refractivity (Wildman–Crippen MR) is 75.0 cm³/mol. The molecule has 1 heterocycles. The van der Waals surface area contributed by atoms with E-state index in [1.807, 2.05) is 0 Å². The maximum Gasteiger partial charge on any atom is 0.241 e. The zero-order valence-corrected chi connectivity index (χ0v) is 11.7. The van der Waals surface area contributed by atoms with Gasteiger partial charge < -0.3 is 10.5 Å². The molecule has 0 atom stereocenters. The molecule has 5 heteroatoms. The standard InChI is InChI=1S/C13H21N3OS/c1-2-8-17-12-11(14)13(16-9-15-12)18-10-6-4-3-5-7-10/h9-10H,2-8,14H2,1H3. The Morgan fingerprint density at radius 2 is 2.11 bits per heavy atom. The third kappa shape index (κ3) is 3.51. The van der Waals surface area contributed by atoms with Gasteiger partial charge in [-0.25, -0.2) is 4.98 Å². The summed E-state index contributed by atoms with van der Waals surface area (Å²) in [6, 6.07) is 0.